The van der Waals surface area contributed by atoms with E-state index in [1.165, 1.54) is 4.88 Å². The molecule has 1 aromatic carbocycles. The lowest BCUT2D eigenvalue weighted by atomic mass is 10.1. The summed E-state index contributed by atoms with van der Waals surface area (Å²) in [7, 11) is 1.60. The Hall–Kier alpha value is -4.04. The summed E-state index contributed by atoms with van der Waals surface area (Å²) in [5, 5.41) is 12.3. The SMILES string of the molecule is CCc1cc(-c2ccc(C)s2)nnc1Nc1ccc(Oc2ccnc3cc(OC)cnc23)cc1. The molecule has 34 heavy (non-hydrogen) atoms. The predicted molar refractivity (Wildman–Crippen MR) is 135 cm³/mol. The molecule has 0 bridgehead atoms. The molecule has 170 valence electrons. The molecule has 8 heteroatoms. The van der Waals surface area contributed by atoms with Gasteiger partial charge in [0.05, 0.1) is 23.7 Å². The zero-order chi connectivity index (χ0) is 23.5. The second-order valence-corrected chi connectivity index (χ2v) is 8.96. The Balaban J connectivity index is 1.33. The number of thiophene rings is 1. The first kappa shape index (κ1) is 21.8. The number of anilines is 2. The van der Waals surface area contributed by atoms with Gasteiger partial charge in [-0.05, 0) is 61.4 Å². The van der Waals surface area contributed by atoms with E-state index in [-0.39, 0.29) is 0 Å². The van der Waals surface area contributed by atoms with Crippen LogP contribution in [0.2, 0.25) is 0 Å². The Morgan fingerprint density at radius 1 is 0.941 bits per heavy atom. The highest BCUT2D eigenvalue weighted by Crippen LogP contribution is 2.31. The molecule has 0 aliphatic heterocycles. The largest absolute Gasteiger partial charge is 0.495 e. The van der Waals surface area contributed by atoms with Crippen molar-refractivity contribution in [3.8, 4) is 27.8 Å². The number of hydrogen-bond donors (Lipinski definition) is 1. The Labute approximate surface area is 201 Å². The number of nitrogens with one attached hydrogen (secondary N) is 1. The molecule has 1 N–H and O–H groups in total. The fourth-order valence-corrected chi connectivity index (χ4v) is 4.37. The number of ether oxygens (including phenoxy) is 2. The maximum Gasteiger partial charge on any atom is 0.156 e. The van der Waals surface area contributed by atoms with E-state index in [1.807, 2.05) is 30.3 Å². The van der Waals surface area contributed by atoms with Crippen LogP contribution >= 0.6 is 11.3 Å². The monoisotopic (exact) mass is 469 g/mol. The van der Waals surface area contributed by atoms with Crippen LogP contribution < -0.4 is 14.8 Å². The van der Waals surface area contributed by atoms with E-state index < -0.39 is 0 Å². The molecule has 0 amide bonds. The van der Waals surface area contributed by atoms with Crippen molar-refractivity contribution in [2.75, 3.05) is 12.4 Å². The van der Waals surface area contributed by atoms with Crippen LogP contribution in [0.4, 0.5) is 11.5 Å². The van der Waals surface area contributed by atoms with Gasteiger partial charge in [0.15, 0.2) is 11.6 Å². The number of benzene rings is 1. The van der Waals surface area contributed by atoms with Crippen LogP contribution in [0.3, 0.4) is 0 Å². The third-order valence-corrected chi connectivity index (χ3v) is 6.37. The van der Waals surface area contributed by atoms with Crippen molar-refractivity contribution in [1.29, 1.82) is 0 Å². The lowest BCUT2D eigenvalue weighted by Crippen LogP contribution is -2.01. The molecule has 0 saturated carbocycles. The fourth-order valence-electron chi connectivity index (χ4n) is 3.55. The number of rotatable bonds is 7. The first-order valence-corrected chi connectivity index (χ1v) is 11.7. The van der Waals surface area contributed by atoms with E-state index in [1.54, 1.807) is 36.9 Å². The maximum atomic E-state index is 6.08. The molecule has 0 atom stereocenters. The smallest absolute Gasteiger partial charge is 0.156 e. The van der Waals surface area contributed by atoms with Gasteiger partial charge in [-0.2, -0.15) is 0 Å². The third kappa shape index (κ3) is 4.53. The van der Waals surface area contributed by atoms with Gasteiger partial charge in [-0.3, -0.25) is 4.98 Å². The Morgan fingerprint density at radius 3 is 2.53 bits per heavy atom. The highest BCUT2D eigenvalue weighted by molar-refractivity contribution is 7.15. The zero-order valence-corrected chi connectivity index (χ0v) is 19.9. The number of fused-ring (bicyclic) bond motifs is 1. The Bertz CT molecular complexity index is 1450. The molecule has 4 aromatic heterocycles. The third-order valence-electron chi connectivity index (χ3n) is 5.34. The van der Waals surface area contributed by atoms with Gasteiger partial charge in [0, 0.05) is 28.9 Å². The standard InChI is InChI=1S/C26H23N5O2S/c1-4-17-13-21(24-10-5-16(2)34-24)30-31-26(17)29-18-6-8-19(9-7-18)33-23-11-12-27-22-14-20(32-3)15-28-25(22)23/h5-15H,4H2,1-3H3,(H,29,31). The molecule has 7 nitrogen and oxygen atoms in total. The quantitative estimate of drug-likeness (QED) is 0.289. The topological polar surface area (TPSA) is 82.1 Å². The van der Waals surface area contributed by atoms with Gasteiger partial charge < -0.3 is 14.8 Å². The molecule has 0 aliphatic rings. The van der Waals surface area contributed by atoms with E-state index in [2.05, 4.69) is 57.5 Å². The van der Waals surface area contributed by atoms with Crippen LogP contribution in [-0.2, 0) is 6.42 Å². The molecular formula is C26H23N5O2S. The molecule has 0 spiro atoms. The molecule has 0 aliphatic carbocycles. The number of pyridine rings is 2. The second kappa shape index (κ2) is 9.44. The molecule has 0 fully saturated rings. The van der Waals surface area contributed by atoms with E-state index in [4.69, 9.17) is 9.47 Å². The second-order valence-electron chi connectivity index (χ2n) is 7.67. The van der Waals surface area contributed by atoms with Crippen LogP contribution in [0, 0.1) is 6.92 Å². The fraction of sp³-hybridized carbons (Fsp3) is 0.154. The number of hydrogen-bond acceptors (Lipinski definition) is 8. The first-order valence-electron chi connectivity index (χ1n) is 10.9. The summed E-state index contributed by atoms with van der Waals surface area (Å²) >= 11 is 1.72. The average Bonchev–Trinajstić information content (AvgIpc) is 3.31. The van der Waals surface area contributed by atoms with Gasteiger partial charge >= 0.3 is 0 Å². The molecule has 0 radical (unpaired) electrons. The van der Waals surface area contributed by atoms with Gasteiger partial charge in [0.2, 0.25) is 0 Å². The van der Waals surface area contributed by atoms with Gasteiger partial charge in [-0.25, -0.2) is 4.98 Å². The highest BCUT2D eigenvalue weighted by Gasteiger charge is 2.11. The lowest BCUT2D eigenvalue weighted by molar-refractivity contribution is 0.413. The molecule has 0 saturated heterocycles. The van der Waals surface area contributed by atoms with Crippen LogP contribution in [0.5, 0.6) is 17.2 Å². The van der Waals surface area contributed by atoms with Crippen molar-refractivity contribution in [3.63, 3.8) is 0 Å². The van der Waals surface area contributed by atoms with Crippen molar-refractivity contribution in [2.24, 2.45) is 0 Å². The summed E-state index contributed by atoms with van der Waals surface area (Å²) in [6.07, 6.45) is 4.20. The summed E-state index contributed by atoms with van der Waals surface area (Å²) in [6, 6.07) is 17.6. The summed E-state index contributed by atoms with van der Waals surface area (Å²) < 4.78 is 11.3. The minimum atomic E-state index is 0.631. The van der Waals surface area contributed by atoms with Crippen LogP contribution in [0.25, 0.3) is 21.6 Å². The number of nitrogens with zero attached hydrogens (tertiary/aromatic N) is 4. The van der Waals surface area contributed by atoms with Gasteiger partial charge in [-0.1, -0.05) is 6.92 Å². The minimum Gasteiger partial charge on any atom is -0.495 e. The molecule has 5 aromatic rings. The van der Waals surface area contributed by atoms with Crippen molar-refractivity contribution < 1.29 is 9.47 Å². The molecule has 0 unspecified atom stereocenters. The van der Waals surface area contributed by atoms with E-state index in [9.17, 15) is 0 Å². The van der Waals surface area contributed by atoms with E-state index >= 15 is 0 Å². The zero-order valence-electron chi connectivity index (χ0n) is 19.1. The number of aromatic nitrogens is 4. The van der Waals surface area contributed by atoms with Crippen molar-refractivity contribution >= 4 is 33.9 Å². The highest BCUT2D eigenvalue weighted by atomic mass is 32.1. The van der Waals surface area contributed by atoms with Gasteiger partial charge in [-0.15, -0.1) is 21.5 Å². The number of methoxy groups -OCH3 is 1. The van der Waals surface area contributed by atoms with Gasteiger partial charge in [0.25, 0.3) is 0 Å². The van der Waals surface area contributed by atoms with Crippen LogP contribution in [-0.4, -0.2) is 27.3 Å². The average molecular weight is 470 g/mol. The minimum absolute atomic E-state index is 0.631. The molecule has 4 heterocycles. The summed E-state index contributed by atoms with van der Waals surface area (Å²) in [6.45, 7) is 4.21. The maximum absolute atomic E-state index is 6.08. The predicted octanol–water partition coefficient (Wildman–Crippen LogP) is 6.56. The summed E-state index contributed by atoms with van der Waals surface area (Å²) in [4.78, 5) is 11.2. The van der Waals surface area contributed by atoms with Gasteiger partial charge in [0.1, 0.15) is 22.7 Å². The van der Waals surface area contributed by atoms with Crippen LogP contribution in [0.1, 0.15) is 17.4 Å². The lowest BCUT2D eigenvalue weighted by Gasteiger charge is -2.12. The van der Waals surface area contributed by atoms with Crippen molar-refractivity contribution in [1.82, 2.24) is 20.2 Å². The molecular weight excluding hydrogens is 446 g/mol. The van der Waals surface area contributed by atoms with Crippen LogP contribution in [0.15, 0.2) is 67.0 Å². The normalized spacial score (nSPS) is 10.9. The molecule has 5 rings (SSSR count). The Kier molecular flexibility index (Phi) is 6.05. The summed E-state index contributed by atoms with van der Waals surface area (Å²) in [5.41, 5.74) is 4.30. The van der Waals surface area contributed by atoms with Crippen molar-refractivity contribution in [3.05, 3.63) is 77.4 Å². The summed E-state index contributed by atoms with van der Waals surface area (Å²) in [5.74, 6) is 2.74. The number of aryl methyl sites for hydroxylation is 2. The van der Waals surface area contributed by atoms with E-state index in [0.717, 1.165) is 34.1 Å². The first-order chi connectivity index (χ1) is 16.6. The van der Waals surface area contributed by atoms with Crippen molar-refractivity contribution in [2.45, 2.75) is 20.3 Å². The Morgan fingerprint density at radius 2 is 1.79 bits per heavy atom. The van der Waals surface area contributed by atoms with E-state index in [0.29, 0.717) is 28.3 Å².